The highest BCUT2D eigenvalue weighted by molar-refractivity contribution is 5.94. The summed E-state index contributed by atoms with van der Waals surface area (Å²) in [5.41, 5.74) is 3.08. The SMILES string of the molecule is CC(C)c1nn(-c2ccccc2)c(Oc2ccccc2F)c1CN(C(=O)c1ccccc1)C1CC1. The van der Waals surface area contributed by atoms with E-state index in [1.54, 1.807) is 22.9 Å². The summed E-state index contributed by atoms with van der Waals surface area (Å²) < 4.78 is 22.6. The van der Waals surface area contributed by atoms with Gasteiger partial charge >= 0.3 is 0 Å². The zero-order valence-corrected chi connectivity index (χ0v) is 19.9. The molecule has 178 valence electrons. The molecule has 1 heterocycles. The quantitative estimate of drug-likeness (QED) is 0.287. The second-order valence-electron chi connectivity index (χ2n) is 9.13. The molecule has 0 saturated heterocycles. The van der Waals surface area contributed by atoms with E-state index in [-0.39, 0.29) is 23.6 Å². The molecule has 4 aromatic rings. The van der Waals surface area contributed by atoms with Crippen LogP contribution in [0.1, 0.15) is 54.2 Å². The molecule has 1 aliphatic carbocycles. The topological polar surface area (TPSA) is 47.4 Å². The fourth-order valence-corrected chi connectivity index (χ4v) is 4.21. The Labute approximate surface area is 204 Å². The van der Waals surface area contributed by atoms with E-state index in [0.717, 1.165) is 29.8 Å². The van der Waals surface area contributed by atoms with Gasteiger partial charge in [-0.3, -0.25) is 4.79 Å². The average Bonchev–Trinajstić information content (AvgIpc) is 3.66. The number of amides is 1. The molecule has 0 radical (unpaired) electrons. The molecule has 1 amide bonds. The van der Waals surface area contributed by atoms with Gasteiger partial charge in [0.15, 0.2) is 11.6 Å². The van der Waals surface area contributed by atoms with Gasteiger partial charge in [0.2, 0.25) is 5.88 Å². The number of halogens is 1. The predicted molar refractivity (Wildman–Crippen MR) is 133 cm³/mol. The monoisotopic (exact) mass is 469 g/mol. The summed E-state index contributed by atoms with van der Waals surface area (Å²) in [6.45, 7) is 4.46. The van der Waals surface area contributed by atoms with Crippen LogP contribution in [0.25, 0.3) is 5.69 Å². The first-order chi connectivity index (χ1) is 17.0. The van der Waals surface area contributed by atoms with Gasteiger partial charge in [-0.25, -0.2) is 9.07 Å². The van der Waals surface area contributed by atoms with Crippen LogP contribution in [-0.2, 0) is 6.54 Å². The van der Waals surface area contributed by atoms with E-state index in [1.807, 2.05) is 65.6 Å². The largest absolute Gasteiger partial charge is 0.435 e. The third-order valence-electron chi connectivity index (χ3n) is 6.16. The van der Waals surface area contributed by atoms with Crippen molar-refractivity contribution in [2.75, 3.05) is 0 Å². The Morgan fingerprint density at radius 3 is 2.26 bits per heavy atom. The molecule has 0 spiro atoms. The highest BCUT2D eigenvalue weighted by Gasteiger charge is 2.36. The lowest BCUT2D eigenvalue weighted by Gasteiger charge is -2.24. The zero-order chi connectivity index (χ0) is 24.4. The third kappa shape index (κ3) is 4.83. The van der Waals surface area contributed by atoms with Crippen LogP contribution in [0, 0.1) is 5.82 Å². The summed E-state index contributed by atoms with van der Waals surface area (Å²) in [6.07, 6.45) is 1.93. The number of nitrogens with zero attached hydrogens (tertiary/aromatic N) is 3. The van der Waals surface area contributed by atoms with Gasteiger partial charge in [-0.05, 0) is 55.2 Å². The molecule has 5 rings (SSSR count). The Hall–Kier alpha value is -3.93. The van der Waals surface area contributed by atoms with E-state index in [4.69, 9.17) is 9.84 Å². The van der Waals surface area contributed by atoms with E-state index >= 15 is 0 Å². The summed E-state index contributed by atoms with van der Waals surface area (Å²) in [4.78, 5) is 15.4. The molecule has 5 nitrogen and oxygen atoms in total. The second-order valence-corrected chi connectivity index (χ2v) is 9.13. The minimum atomic E-state index is -0.454. The second kappa shape index (κ2) is 9.74. The van der Waals surface area contributed by atoms with Crippen LogP contribution >= 0.6 is 0 Å². The number of ether oxygens (including phenoxy) is 1. The van der Waals surface area contributed by atoms with Crippen molar-refractivity contribution in [2.24, 2.45) is 0 Å². The van der Waals surface area contributed by atoms with E-state index in [2.05, 4.69) is 13.8 Å². The van der Waals surface area contributed by atoms with E-state index in [9.17, 15) is 9.18 Å². The number of carbonyl (C=O) groups is 1. The smallest absolute Gasteiger partial charge is 0.254 e. The number of hydrogen-bond donors (Lipinski definition) is 0. The summed E-state index contributed by atoms with van der Waals surface area (Å²) in [7, 11) is 0. The van der Waals surface area contributed by atoms with Gasteiger partial charge in [-0.2, -0.15) is 5.10 Å². The van der Waals surface area contributed by atoms with Crippen molar-refractivity contribution in [2.45, 2.75) is 45.2 Å². The van der Waals surface area contributed by atoms with E-state index < -0.39 is 5.82 Å². The van der Waals surface area contributed by atoms with Crippen molar-refractivity contribution in [1.82, 2.24) is 14.7 Å². The number of para-hydroxylation sites is 2. The van der Waals surface area contributed by atoms with Crippen molar-refractivity contribution < 1.29 is 13.9 Å². The molecule has 0 unspecified atom stereocenters. The fourth-order valence-electron chi connectivity index (χ4n) is 4.21. The van der Waals surface area contributed by atoms with E-state index in [1.165, 1.54) is 6.07 Å². The maximum absolute atomic E-state index is 14.6. The molecular weight excluding hydrogens is 441 g/mol. The minimum absolute atomic E-state index is 0.0212. The Morgan fingerprint density at radius 2 is 1.63 bits per heavy atom. The first-order valence-corrected chi connectivity index (χ1v) is 12.0. The lowest BCUT2D eigenvalue weighted by Crippen LogP contribution is -2.33. The Balaban J connectivity index is 1.62. The Morgan fingerprint density at radius 1 is 1.00 bits per heavy atom. The van der Waals surface area contributed by atoms with Crippen molar-refractivity contribution in [3.8, 4) is 17.3 Å². The van der Waals surface area contributed by atoms with Gasteiger partial charge in [-0.15, -0.1) is 0 Å². The van der Waals surface area contributed by atoms with Crippen molar-refractivity contribution in [3.05, 3.63) is 108 Å². The maximum Gasteiger partial charge on any atom is 0.254 e. The van der Waals surface area contributed by atoms with Crippen molar-refractivity contribution in [1.29, 1.82) is 0 Å². The molecule has 1 aliphatic rings. The molecule has 1 fully saturated rings. The maximum atomic E-state index is 14.6. The molecule has 6 heteroatoms. The molecule has 1 saturated carbocycles. The van der Waals surface area contributed by atoms with Crippen molar-refractivity contribution >= 4 is 5.91 Å². The first kappa shape index (κ1) is 22.8. The molecule has 0 atom stereocenters. The third-order valence-corrected chi connectivity index (χ3v) is 6.16. The molecular formula is C29H28FN3O2. The highest BCUT2D eigenvalue weighted by Crippen LogP contribution is 2.38. The van der Waals surface area contributed by atoms with Gasteiger partial charge in [0.05, 0.1) is 23.5 Å². The van der Waals surface area contributed by atoms with E-state index in [0.29, 0.717) is 18.0 Å². The summed E-state index contributed by atoms with van der Waals surface area (Å²) in [5, 5.41) is 4.90. The summed E-state index contributed by atoms with van der Waals surface area (Å²) in [6, 6.07) is 25.5. The van der Waals surface area contributed by atoms with Crippen LogP contribution in [0.3, 0.4) is 0 Å². The minimum Gasteiger partial charge on any atom is -0.435 e. The predicted octanol–water partition coefficient (Wildman–Crippen LogP) is 6.73. The van der Waals surface area contributed by atoms with Crippen molar-refractivity contribution in [3.63, 3.8) is 0 Å². The first-order valence-electron chi connectivity index (χ1n) is 12.0. The normalized spacial score (nSPS) is 13.1. The zero-order valence-electron chi connectivity index (χ0n) is 19.9. The van der Waals surface area contributed by atoms with Gasteiger partial charge in [0.1, 0.15) is 0 Å². The van der Waals surface area contributed by atoms with Crippen LogP contribution < -0.4 is 4.74 Å². The Bertz CT molecular complexity index is 1310. The van der Waals surface area contributed by atoms with Crippen LogP contribution in [0.2, 0.25) is 0 Å². The van der Waals surface area contributed by atoms with Crippen LogP contribution in [0.5, 0.6) is 11.6 Å². The summed E-state index contributed by atoms with van der Waals surface area (Å²) in [5.74, 6) is 0.146. The molecule has 3 aromatic carbocycles. The summed E-state index contributed by atoms with van der Waals surface area (Å²) >= 11 is 0. The molecule has 1 aromatic heterocycles. The van der Waals surface area contributed by atoms with Gasteiger partial charge in [-0.1, -0.05) is 62.4 Å². The lowest BCUT2D eigenvalue weighted by atomic mass is 10.0. The number of benzene rings is 3. The average molecular weight is 470 g/mol. The fraction of sp³-hybridized carbons (Fsp3) is 0.241. The molecule has 0 bridgehead atoms. The van der Waals surface area contributed by atoms with Crippen LogP contribution in [0.15, 0.2) is 84.9 Å². The van der Waals surface area contributed by atoms with Gasteiger partial charge < -0.3 is 9.64 Å². The number of rotatable bonds is 8. The molecule has 35 heavy (non-hydrogen) atoms. The highest BCUT2D eigenvalue weighted by atomic mass is 19.1. The van der Waals surface area contributed by atoms with Crippen LogP contribution in [-0.4, -0.2) is 26.6 Å². The number of hydrogen-bond acceptors (Lipinski definition) is 3. The number of carbonyl (C=O) groups excluding carboxylic acids is 1. The Kier molecular flexibility index (Phi) is 6.36. The van der Waals surface area contributed by atoms with Gasteiger partial charge in [0.25, 0.3) is 5.91 Å². The molecule has 0 N–H and O–H groups in total. The van der Waals surface area contributed by atoms with Gasteiger partial charge in [0, 0.05) is 11.6 Å². The molecule has 0 aliphatic heterocycles. The lowest BCUT2D eigenvalue weighted by molar-refractivity contribution is 0.0728. The number of aromatic nitrogens is 2. The standard InChI is InChI=1S/C29H28FN3O2/c1-20(2)27-24(19-32(22-17-18-22)28(34)21-11-5-3-6-12-21)29(35-26-16-10-9-15-25(26)30)33(31-27)23-13-7-4-8-14-23/h3-16,20,22H,17-19H2,1-2H3. The van der Waals surface area contributed by atoms with Crippen LogP contribution in [0.4, 0.5) is 4.39 Å².